The number of fused-ring (bicyclic) bond motifs is 5. The molecule has 0 spiro atoms. The van der Waals surface area contributed by atoms with Gasteiger partial charge in [-0.3, -0.25) is 0 Å². The molecule has 0 aliphatic rings. The summed E-state index contributed by atoms with van der Waals surface area (Å²) in [5.74, 6) is 0. The van der Waals surface area contributed by atoms with E-state index in [0.717, 1.165) is 76.9 Å². The van der Waals surface area contributed by atoms with Gasteiger partial charge in [-0.25, -0.2) is 4.85 Å². The molecule has 0 aliphatic heterocycles. The third kappa shape index (κ3) is 4.42. The minimum atomic E-state index is 0.599. The van der Waals surface area contributed by atoms with Gasteiger partial charge in [0.1, 0.15) is 6.07 Å². The zero-order valence-electron chi connectivity index (χ0n) is 26.4. The fraction of sp³-hybridized carbons (Fsp3) is 0. The van der Waals surface area contributed by atoms with Crippen LogP contribution in [0.3, 0.4) is 0 Å². The van der Waals surface area contributed by atoms with Crippen molar-refractivity contribution in [1.29, 1.82) is 5.26 Å². The Hall–Kier alpha value is -6.94. The first-order chi connectivity index (χ1) is 24.2. The van der Waals surface area contributed by atoms with Crippen molar-refractivity contribution >= 4 is 49.0 Å². The first-order valence-electron chi connectivity index (χ1n) is 16.3. The van der Waals surface area contributed by atoms with Crippen LogP contribution in [-0.4, -0.2) is 4.57 Å². The number of nitriles is 1. The van der Waals surface area contributed by atoms with Crippen LogP contribution in [0.5, 0.6) is 0 Å². The molecule has 0 unspecified atom stereocenters. The highest BCUT2D eigenvalue weighted by molar-refractivity contribution is 6.22. The Kier molecular flexibility index (Phi) is 6.58. The van der Waals surface area contributed by atoms with Gasteiger partial charge in [0.2, 0.25) is 0 Å². The van der Waals surface area contributed by atoms with Gasteiger partial charge in [0.15, 0.2) is 5.69 Å². The minimum Gasteiger partial charge on any atom is -0.308 e. The number of benzene rings is 8. The van der Waals surface area contributed by atoms with Gasteiger partial charge in [-0.05, 0) is 79.2 Å². The van der Waals surface area contributed by atoms with E-state index in [1.54, 1.807) is 0 Å². The highest BCUT2D eigenvalue weighted by atomic mass is 15.0. The highest BCUT2D eigenvalue weighted by Crippen LogP contribution is 2.47. The number of hydrogen-bond donors (Lipinski definition) is 0. The van der Waals surface area contributed by atoms with Crippen LogP contribution >= 0.6 is 0 Å². The molecule has 8 aromatic carbocycles. The molecule has 49 heavy (non-hydrogen) atoms. The molecule has 0 saturated heterocycles. The molecular formula is C46H27N3. The largest absolute Gasteiger partial charge is 0.308 e. The van der Waals surface area contributed by atoms with E-state index in [0.29, 0.717) is 11.3 Å². The van der Waals surface area contributed by atoms with Crippen LogP contribution < -0.4 is 0 Å². The fourth-order valence-electron chi connectivity index (χ4n) is 7.52. The maximum Gasteiger partial charge on any atom is 0.194 e. The normalized spacial score (nSPS) is 11.2. The van der Waals surface area contributed by atoms with E-state index in [2.05, 4.69) is 137 Å². The fourth-order valence-corrected chi connectivity index (χ4v) is 7.52. The number of para-hydroxylation sites is 2. The number of rotatable bonds is 4. The predicted octanol–water partition coefficient (Wildman–Crippen LogP) is 12.5. The van der Waals surface area contributed by atoms with Gasteiger partial charge in [-0.2, -0.15) is 5.26 Å². The first-order valence-corrected chi connectivity index (χ1v) is 16.3. The summed E-state index contributed by atoms with van der Waals surface area (Å²) in [4.78, 5) is 4.03. The van der Waals surface area contributed by atoms with E-state index in [-0.39, 0.29) is 0 Å². The van der Waals surface area contributed by atoms with Crippen molar-refractivity contribution in [2.24, 2.45) is 0 Å². The lowest BCUT2D eigenvalue weighted by Crippen LogP contribution is -1.98. The SMILES string of the molecule is [C-]#[N+]c1ccc(-c2ccc(C#N)c(-n3c4ccccc4c4ccccc43)c2)cc1-c1c2ccccc2c(-c2ccccc2)c2ccccc12. The summed E-state index contributed by atoms with van der Waals surface area (Å²) in [6.07, 6.45) is 0. The maximum absolute atomic E-state index is 10.3. The van der Waals surface area contributed by atoms with Gasteiger partial charge in [0.05, 0.1) is 28.9 Å². The monoisotopic (exact) mass is 621 g/mol. The molecule has 9 aromatic rings. The van der Waals surface area contributed by atoms with Crippen LogP contribution in [0, 0.1) is 17.9 Å². The van der Waals surface area contributed by atoms with Crippen LogP contribution in [0.4, 0.5) is 5.69 Å². The van der Waals surface area contributed by atoms with Gasteiger partial charge >= 0.3 is 0 Å². The Bertz CT molecular complexity index is 2740. The van der Waals surface area contributed by atoms with Gasteiger partial charge in [0.25, 0.3) is 0 Å². The summed E-state index contributed by atoms with van der Waals surface area (Å²) in [6, 6.07) is 58.9. The maximum atomic E-state index is 10.3. The predicted molar refractivity (Wildman–Crippen MR) is 203 cm³/mol. The molecule has 226 valence electrons. The molecule has 1 heterocycles. The lowest BCUT2D eigenvalue weighted by atomic mass is 9.85. The number of hydrogen-bond acceptors (Lipinski definition) is 1. The first kappa shape index (κ1) is 28.3. The Morgan fingerprint density at radius 3 is 1.53 bits per heavy atom. The molecule has 0 aliphatic carbocycles. The van der Waals surface area contributed by atoms with E-state index in [9.17, 15) is 5.26 Å². The Labute approximate surface area is 284 Å². The number of aromatic nitrogens is 1. The highest BCUT2D eigenvalue weighted by Gasteiger charge is 2.20. The van der Waals surface area contributed by atoms with E-state index in [1.165, 1.54) is 5.56 Å². The molecule has 0 N–H and O–H groups in total. The van der Waals surface area contributed by atoms with Gasteiger partial charge < -0.3 is 4.57 Å². The molecule has 0 bridgehead atoms. The molecule has 1 aromatic heterocycles. The lowest BCUT2D eigenvalue weighted by molar-refractivity contribution is 1.17. The Balaban J connectivity index is 1.31. The lowest BCUT2D eigenvalue weighted by Gasteiger charge is -2.19. The number of nitrogens with zero attached hydrogens (tertiary/aromatic N) is 3. The molecule has 0 atom stereocenters. The zero-order valence-corrected chi connectivity index (χ0v) is 26.4. The third-order valence-electron chi connectivity index (χ3n) is 9.65. The molecule has 9 rings (SSSR count). The summed E-state index contributed by atoms with van der Waals surface area (Å²) in [7, 11) is 0. The van der Waals surface area contributed by atoms with E-state index < -0.39 is 0 Å². The van der Waals surface area contributed by atoms with E-state index >= 15 is 0 Å². The standard InChI is InChI=1S/C46H27N3/c1-48-41-26-25-31(32-23-24-33(29-47)44(28-32)49-42-21-11-9-15-34(42)35-16-10-12-22-43(35)49)27-40(41)46-38-19-7-5-17-36(38)45(30-13-3-2-4-14-30)37-18-6-8-20-39(37)46/h2-28H. The van der Waals surface area contributed by atoms with Gasteiger partial charge in [-0.1, -0.05) is 140 Å². The van der Waals surface area contributed by atoms with Crippen molar-refractivity contribution in [1.82, 2.24) is 4.57 Å². The van der Waals surface area contributed by atoms with Gasteiger partial charge in [-0.15, -0.1) is 0 Å². The van der Waals surface area contributed by atoms with Crippen LogP contribution in [0.25, 0.3) is 87.3 Å². The average Bonchev–Trinajstić information content (AvgIpc) is 3.51. The van der Waals surface area contributed by atoms with Crippen LogP contribution in [-0.2, 0) is 0 Å². The summed E-state index contributed by atoms with van der Waals surface area (Å²) in [6.45, 7) is 8.22. The Morgan fingerprint density at radius 1 is 0.469 bits per heavy atom. The second-order valence-corrected chi connectivity index (χ2v) is 12.3. The van der Waals surface area contributed by atoms with Crippen LogP contribution in [0.15, 0.2) is 164 Å². The van der Waals surface area contributed by atoms with Crippen LogP contribution in [0.1, 0.15) is 5.56 Å². The van der Waals surface area contributed by atoms with Crippen molar-refractivity contribution in [2.45, 2.75) is 0 Å². The quantitative estimate of drug-likeness (QED) is 0.142. The van der Waals surface area contributed by atoms with Crippen molar-refractivity contribution in [3.05, 3.63) is 181 Å². The average molecular weight is 622 g/mol. The topological polar surface area (TPSA) is 33.1 Å². The molecule has 3 heteroatoms. The molecule has 0 saturated carbocycles. The molecule has 0 amide bonds. The molecule has 0 radical (unpaired) electrons. The smallest absolute Gasteiger partial charge is 0.194 e. The van der Waals surface area contributed by atoms with Crippen LogP contribution in [0.2, 0.25) is 0 Å². The van der Waals surface area contributed by atoms with Crippen molar-refractivity contribution in [3.8, 4) is 45.1 Å². The van der Waals surface area contributed by atoms with Gasteiger partial charge in [0, 0.05) is 10.8 Å². The molecule has 0 fully saturated rings. The summed E-state index contributed by atoms with van der Waals surface area (Å²) in [5, 5.41) is 17.1. The zero-order chi connectivity index (χ0) is 32.9. The minimum absolute atomic E-state index is 0.599. The summed E-state index contributed by atoms with van der Waals surface area (Å²) in [5.41, 5.74) is 10.4. The van der Waals surface area contributed by atoms with E-state index in [1.807, 2.05) is 42.5 Å². The Morgan fingerprint density at radius 2 is 0.959 bits per heavy atom. The van der Waals surface area contributed by atoms with Crippen molar-refractivity contribution < 1.29 is 0 Å². The summed E-state index contributed by atoms with van der Waals surface area (Å²) < 4.78 is 2.20. The summed E-state index contributed by atoms with van der Waals surface area (Å²) >= 11 is 0. The molecular weight excluding hydrogens is 595 g/mol. The van der Waals surface area contributed by atoms with Crippen molar-refractivity contribution in [2.75, 3.05) is 0 Å². The van der Waals surface area contributed by atoms with E-state index in [4.69, 9.17) is 6.57 Å². The molecule has 3 nitrogen and oxygen atoms in total. The second-order valence-electron chi connectivity index (χ2n) is 12.3. The second kappa shape index (κ2) is 11.4. The third-order valence-corrected chi connectivity index (χ3v) is 9.65. The van der Waals surface area contributed by atoms with Crippen molar-refractivity contribution in [3.63, 3.8) is 0 Å².